The van der Waals surface area contributed by atoms with E-state index in [1.165, 1.54) is 35.6 Å². The lowest BCUT2D eigenvalue weighted by molar-refractivity contribution is 0.0436. The summed E-state index contributed by atoms with van der Waals surface area (Å²) in [6, 6.07) is 13.0. The van der Waals surface area contributed by atoms with Crippen LogP contribution >= 0.6 is 22.9 Å². The summed E-state index contributed by atoms with van der Waals surface area (Å²) < 4.78 is 29.5. The molecule has 0 atom stereocenters. The summed E-state index contributed by atoms with van der Waals surface area (Å²) in [7, 11) is 0. The lowest BCUT2D eigenvalue weighted by Gasteiger charge is -2.02. The molecule has 0 radical (unpaired) electrons. The zero-order valence-electron chi connectivity index (χ0n) is 14.2. The highest BCUT2D eigenvalue weighted by Gasteiger charge is 2.19. The molecule has 0 amide bonds. The van der Waals surface area contributed by atoms with Crippen molar-refractivity contribution < 1.29 is 23.2 Å². The normalized spacial score (nSPS) is 10.9. The van der Waals surface area contributed by atoms with Crippen LogP contribution in [0, 0.1) is 5.82 Å². The topological polar surface area (TPSA) is 74.5 Å². The minimum Gasteiger partial charge on any atom is -0.485 e. The molecule has 28 heavy (non-hydrogen) atoms. The first-order valence-electron chi connectivity index (χ1n) is 8.14. The van der Waals surface area contributed by atoms with Gasteiger partial charge in [0, 0.05) is 10.1 Å². The van der Waals surface area contributed by atoms with Crippen molar-refractivity contribution in [3.05, 3.63) is 76.0 Å². The number of rotatable bonds is 6. The first-order valence-corrected chi connectivity index (χ1v) is 9.33. The van der Waals surface area contributed by atoms with Crippen molar-refractivity contribution in [3.8, 4) is 5.75 Å². The van der Waals surface area contributed by atoms with Crippen molar-refractivity contribution in [2.24, 2.45) is 0 Å². The molecular formula is C19H12ClFN2O4S. The highest BCUT2D eigenvalue weighted by molar-refractivity contribution is 7.21. The number of halogens is 2. The first-order chi connectivity index (χ1) is 13.6. The van der Waals surface area contributed by atoms with E-state index in [1.807, 2.05) is 24.3 Å². The first kappa shape index (κ1) is 18.4. The Labute approximate surface area is 167 Å². The van der Waals surface area contributed by atoms with E-state index in [0.717, 1.165) is 10.1 Å². The smallest absolute Gasteiger partial charge is 0.350 e. The Morgan fingerprint density at radius 1 is 1.14 bits per heavy atom. The van der Waals surface area contributed by atoms with Crippen LogP contribution in [0.15, 0.2) is 53.1 Å². The van der Waals surface area contributed by atoms with Crippen molar-refractivity contribution in [3.63, 3.8) is 0 Å². The maximum Gasteiger partial charge on any atom is 0.350 e. The summed E-state index contributed by atoms with van der Waals surface area (Å²) in [5.41, 5.74) is 0. The number of thiophene rings is 1. The molecule has 0 saturated carbocycles. The number of fused-ring (bicyclic) bond motifs is 1. The Hall–Kier alpha value is -2.97. The maximum atomic E-state index is 12.9. The van der Waals surface area contributed by atoms with E-state index in [0.29, 0.717) is 15.6 Å². The fraction of sp³-hybridized carbons (Fsp3) is 0.105. The second-order valence-corrected chi connectivity index (χ2v) is 7.09. The monoisotopic (exact) mass is 418 g/mol. The third-order valence-electron chi connectivity index (χ3n) is 3.74. The molecule has 0 spiro atoms. The summed E-state index contributed by atoms with van der Waals surface area (Å²) in [6.07, 6.45) is 0. The highest BCUT2D eigenvalue weighted by Crippen LogP contribution is 2.35. The van der Waals surface area contributed by atoms with E-state index >= 15 is 0 Å². The maximum absolute atomic E-state index is 12.9. The van der Waals surface area contributed by atoms with E-state index in [4.69, 9.17) is 25.6 Å². The van der Waals surface area contributed by atoms with Gasteiger partial charge in [-0.25, -0.2) is 9.18 Å². The molecule has 0 unspecified atom stereocenters. The summed E-state index contributed by atoms with van der Waals surface area (Å²) in [6.45, 7) is -0.155. The molecule has 2 heterocycles. The molecule has 0 aliphatic carbocycles. The molecule has 6 nitrogen and oxygen atoms in total. The minimum absolute atomic E-state index is 0.0330. The predicted octanol–water partition coefficient (Wildman–Crippen LogP) is 5.01. The minimum atomic E-state index is -0.562. The van der Waals surface area contributed by atoms with Gasteiger partial charge in [-0.2, -0.15) is 4.98 Å². The fourth-order valence-corrected chi connectivity index (χ4v) is 3.83. The van der Waals surface area contributed by atoms with Crippen LogP contribution in [0.2, 0.25) is 5.02 Å². The van der Waals surface area contributed by atoms with Crippen LogP contribution in [0.4, 0.5) is 4.39 Å². The Bertz CT molecular complexity index is 1130. The van der Waals surface area contributed by atoms with Crippen LogP contribution in [0.25, 0.3) is 10.1 Å². The third-order valence-corrected chi connectivity index (χ3v) is 5.39. The van der Waals surface area contributed by atoms with Gasteiger partial charge in [0.1, 0.15) is 16.4 Å². The lowest BCUT2D eigenvalue weighted by Crippen LogP contribution is -2.04. The molecule has 0 aliphatic heterocycles. The number of hydrogen-bond acceptors (Lipinski definition) is 7. The van der Waals surface area contributed by atoms with E-state index in [-0.39, 0.29) is 30.7 Å². The van der Waals surface area contributed by atoms with Gasteiger partial charge in [0.25, 0.3) is 5.89 Å². The Kier molecular flexibility index (Phi) is 5.23. The standard InChI is InChI=1S/C19H12ClFN2O4S/c20-17-13-3-1-2-4-14(13)28-18(17)19(24)26-10-16-22-15(23-27-16)9-25-12-7-5-11(21)6-8-12/h1-8H,9-10H2. The van der Waals surface area contributed by atoms with Gasteiger partial charge >= 0.3 is 5.97 Å². The summed E-state index contributed by atoms with van der Waals surface area (Å²) in [4.78, 5) is 16.7. The van der Waals surface area contributed by atoms with E-state index < -0.39 is 5.97 Å². The average Bonchev–Trinajstić information content (AvgIpc) is 3.30. The average molecular weight is 419 g/mol. The molecule has 0 N–H and O–H groups in total. The van der Waals surface area contributed by atoms with E-state index in [2.05, 4.69) is 10.1 Å². The Balaban J connectivity index is 1.35. The van der Waals surface area contributed by atoms with Crippen molar-refractivity contribution in [1.82, 2.24) is 10.1 Å². The number of benzene rings is 2. The van der Waals surface area contributed by atoms with Gasteiger partial charge in [0.15, 0.2) is 13.2 Å². The summed E-state index contributed by atoms with van der Waals surface area (Å²) >= 11 is 7.52. The number of carbonyl (C=O) groups is 1. The number of aromatic nitrogens is 2. The molecule has 0 fully saturated rings. The molecule has 0 bridgehead atoms. The third kappa shape index (κ3) is 3.97. The molecule has 142 valence electrons. The van der Waals surface area contributed by atoms with Crippen molar-refractivity contribution in [2.45, 2.75) is 13.2 Å². The molecular weight excluding hydrogens is 407 g/mol. The predicted molar refractivity (Wildman–Crippen MR) is 101 cm³/mol. The van der Waals surface area contributed by atoms with Gasteiger partial charge in [0.05, 0.1) is 5.02 Å². The van der Waals surface area contributed by atoms with Crippen LogP contribution < -0.4 is 4.74 Å². The van der Waals surface area contributed by atoms with Gasteiger partial charge in [-0.15, -0.1) is 11.3 Å². The Morgan fingerprint density at radius 3 is 2.71 bits per heavy atom. The van der Waals surface area contributed by atoms with Crippen molar-refractivity contribution in [1.29, 1.82) is 0 Å². The van der Waals surface area contributed by atoms with E-state index in [1.54, 1.807) is 0 Å². The van der Waals surface area contributed by atoms with Gasteiger partial charge in [-0.3, -0.25) is 0 Å². The van der Waals surface area contributed by atoms with E-state index in [9.17, 15) is 9.18 Å². The number of carbonyl (C=O) groups excluding carboxylic acids is 1. The Morgan fingerprint density at radius 2 is 1.93 bits per heavy atom. The van der Waals surface area contributed by atoms with Gasteiger partial charge < -0.3 is 14.0 Å². The number of esters is 1. The van der Waals surface area contributed by atoms with Crippen LogP contribution in [-0.2, 0) is 18.0 Å². The molecule has 9 heteroatoms. The van der Waals surface area contributed by atoms with Crippen molar-refractivity contribution >= 4 is 39.0 Å². The molecule has 4 rings (SSSR count). The zero-order chi connectivity index (χ0) is 19.5. The molecule has 2 aromatic carbocycles. The summed E-state index contributed by atoms with van der Waals surface area (Å²) in [5.74, 6) is -0.0413. The van der Waals surface area contributed by atoms with Crippen LogP contribution in [0.5, 0.6) is 5.75 Å². The second-order valence-electron chi connectivity index (χ2n) is 5.66. The molecule has 2 aromatic heterocycles. The quantitative estimate of drug-likeness (QED) is 0.409. The molecule has 0 aliphatic rings. The van der Waals surface area contributed by atoms with Gasteiger partial charge in [0.2, 0.25) is 5.82 Å². The number of hydrogen-bond donors (Lipinski definition) is 0. The van der Waals surface area contributed by atoms with Crippen molar-refractivity contribution in [2.75, 3.05) is 0 Å². The molecule has 4 aromatic rings. The fourth-order valence-electron chi connectivity index (χ4n) is 2.42. The molecule has 0 saturated heterocycles. The number of nitrogens with zero attached hydrogens (tertiary/aromatic N) is 2. The summed E-state index contributed by atoms with van der Waals surface area (Å²) in [5, 5.41) is 4.92. The van der Waals surface area contributed by atoms with Crippen LogP contribution in [0.1, 0.15) is 21.4 Å². The van der Waals surface area contributed by atoms with Crippen LogP contribution in [0.3, 0.4) is 0 Å². The van der Waals surface area contributed by atoms with Crippen LogP contribution in [-0.4, -0.2) is 16.1 Å². The SMILES string of the molecule is O=C(OCc1nc(COc2ccc(F)cc2)no1)c1sc2ccccc2c1Cl. The largest absolute Gasteiger partial charge is 0.485 e. The lowest BCUT2D eigenvalue weighted by atomic mass is 10.2. The second kappa shape index (κ2) is 7.95. The zero-order valence-corrected chi connectivity index (χ0v) is 15.8. The van der Waals surface area contributed by atoms with Gasteiger partial charge in [-0.1, -0.05) is 35.0 Å². The number of ether oxygens (including phenoxy) is 2. The highest BCUT2D eigenvalue weighted by atomic mass is 35.5. The van der Waals surface area contributed by atoms with Gasteiger partial charge in [-0.05, 0) is 30.3 Å².